The molecule has 0 aromatic carbocycles. The van der Waals surface area contributed by atoms with Crippen LogP contribution in [0.4, 0.5) is 0 Å². The predicted octanol–water partition coefficient (Wildman–Crippen LogP) is 4.69. The van der Waals surface area contributed by atoms with Crippen LogP contribution in [0.3, 0.4) is 0 Å². The smallest absolute Gasteiger partial charge is 0.0331 e. The Hall–Kier alpha value is -0.560. The Labute approximate surface area is 91.7 Å². The molecule has 0 bridgehead atoms. The third-order valence-electron chi connectivity index (χ3n) is 2.45. The zero-order chi connectivity index (χ0) is 10.6. The highest BCUT2D eigenvalue weighted by molar-refractivity contribution is 7.13. The van der Waals surface area contributed by atoms with E-state index in [1.165, 1.54) is 41.0 Å². The lowest BCUT2D eigenvalue weighted by molar-refractivity contribution is 0.830. The number of hydrogen-bond acceptors (Lipinski definition) is 1. The van der Waals surface area contributed by atoms with Crippen molar-refractivity contribution in [3.05, 3.63) is 28.0 Å². The first-order valence-electron chi connectivity index (χ1n) is 5.61. The van der Waals surface area contributed by atoms with Crippen LogP contribution in [0.1, 0.15) is 48.9 Å². The van der Waals surface area contributed by atoms with Gasteiger partial charge in [0, 0.05) is 9.75 Å². The maximum absolute atomic E-state index is 4.11. The van der Waals surface area contributed by atoms with Crippen molar-refractivity contribution in [3.8, 4) is 0 Å². The molecule has 0 aliphatic heterocycles. The lowest BCUT2D eigenvalue weighted by atomic mass is 9.95. The van der Waals surface area contributed by atoms with Crippen LogP contribution in [0, 0.1) is 0 Å². The topological polar surface area (TPSA) is 0 Å². The first-order chi connectivity index (χ1) is 6.81. The van der Waals surface area contributed by atoms with Gasteiger partial charge >= 0.3 is 0 Å². The summed E-state index contributed by atoms with van der Waals surface area (Å²) in [5.41, 5.74) is 2.91. The van der Waals surface area contributed by atoms with Crippen molar-refractivity contribution >= 4 is 16.9 Å². The Morgan fingerprint density at radius 2 is 2.07 bits per heavy atom. The minimum absolute atomic E-state index is 1.17. The van der Waals surface area contributed by atoms with Crippen LogP contribution in [-0.2, 0) is 12.8 Å². The molecule has 1 aliphatic rings. The Balaban J connectivity index is 0.000000461. The van der Waals surface area contributed by atoms with Gasteiger partial charge in [-0.15, -0.1) is 11.3 Å². The highest BCUT2D eigenvalue weighted by Crippen LogP contribution is 2.35. The van der Waals surface area contributed by atoms with Gasteiger partial charge in [-0.2, -0.15) is 0 Å². The molecule has 0 fully saturated rings. The first-order valence-corrected chi connectivity index (χ1v) is 6.42. The number of hydrogen-bond donors (Lipinski definition) is 0. The summed E-state index contributed by atoms with van der Waals surface area (Å²) in [6.45, 7) is 10.3. The van der Waals surface area contributed by atoms with E-state index in [0.29, 0.717) is 0 Å². The molecule has 2 rings (SSSR count). The van der Waals surface area contributed by atoms with E-state index < -0.39 is 0 Å². The van der Waals surface area contributed by atoms with Crippen molar-refractivity contribution in [2.75, 3.05) is 0 Å². The van der Waals surface area contributed by atoms with Crippen molar-refractivity contribution in [1.29, 1.82) is 0 Å². The van der Waals surface area contributed by atoms with Crippen molar-refractivity contribution in [2.24, 2.45) is 0 Å². The fraction of sp³-hybridized carbons (Fsp3) is 0.538. The molecule has 14 heavy (non-hydrogen) atoms. The van der Waals surface area contributed by atoms with E-state index in [2.05, 4.69) is 19.6 Å². The molecule has 0 saturated carbocycles. The molecular formula is C13H20S. The number of rotatable bonds is 1. The second-order valence-electron chi connectivity index (χ2n) is 3.38. The maximum atomic E-state index is 4.11. The zero-order valence-electron chi connectivity index (χ0n) is 9.52. The fourth-order valence-corrected chi connectivity index (χ4v) is 2.90. The average molecular weight is 208 g/mol. The SMILES string of the molecule is C=C1CCCc2cc(CC)sc21.CC. The first kappa shape index (κ1) is 11.5. The molecule has 0 spiro atoms. The third kappa shape index (κ3) is 2.27. The second kappa shape index (κ2) is 5.35. The standard InChI is InChI=1S/C11H14S.C2H6/c1-3-10-7-9-6-4-5-8(2)11(9)12-10;1-2/h7H,2-6H2,1H3;1-2H3. The lowest BCUT2D eigenvalue weighted by Crippen LogP contribution is -1.95. The molecule has 1 heterocycles. The van der Waals surface area contributed by atoms with E-state index >= 15 is 0 Å². The number of thiophene rings is 1. The molecule has 0 nitrogen and oxygen atoms in total. The second-order valence-corrected chi connectivity index (χ2v) is 4.51. The van der Waals surface area contributed by atoms with Gasteiger partial charge in [0.2, 0.25) is 0 Å². The van der Waals surface area contributed by atoms with Crippen LogP contribution in [-0.4, -0.2) is 0 Å². The molecule has 1 aromatic rings. The molecule has 0 radical (unpaired) electrons. The van der Waals surface area contributed by atoms with Crippen molar-refractivity contribution < 1.29 is 0 Å². The maximum Gasteiger partial charge on any atom is 0.0331 e. The Morgan fingerprint density at radius 1 is 1.36 bits per heavy atom. The number of allylic oxidation sites excluding steroid dienone is 1. The molecule has 1 aromatic heterocycles. The van der Waals surface area contributed by atoms with Gasteiger partial charge in [-0.25, -0.2) is 0 Å². The predicted molar refractivity (Wildman–Crippen MR) is 67.0 cm³/mol. The van der Waals surface area contributed by atoms with Crippen LogP contribution in [0.15, 0.2) is 12.6 Å². The quantitative estimate of drug-likeness (QED) is 0.628. The summed E-state index contributed by atoms with van der Waals surface area (Å²) >= 11 is 1.94. The van der Waals surface area contributed by atoms with Gasteiger partial charge in [0.1, 0.15) is 0 Å². The summed E-state index contributed by atoms with van der Waals surface area (Å²) in [6.07, 6.45) is 4.94. The van der Waals surface area contributed by atoms with Crippen molar-refractivity contribution in [3.63, 3.8) is 0 Å². The van der Waals surface area contributed by atoms with Crippen molar-refractivity contribution in [2.45, 2.75) is 46.5 Å². The third-order valence-corrected chi connectivity index (χ3v) is 3.88. The minimum Gasteiger partial charge on any atom is -0.140 e. The van der Waals surface area contributed by atoms with Gasteiger partial charge in [0.05, 0.1) is 0 Å². The molecule has 1 aliphatic carbocycles. The van der Waals surface area contributed by atoms with E-state index in [9.17, 15) is 0 Å². The molecular weight excluding hydrogens is 188 g/mol. The summed E-state index contributed by atoms with van der Waals surface area (Å²) in [4.78, 5) is 3.00. The zero-order valence-corrected chi connectivity index (χ0v) is 10.3. The van der Waals surface area contributed by atoms with Crippen LogP contribution in [0.25, 0.3) is 5.57 Å². The molecule has 0 unspecified atom stereocenters. The van der Waals surface area contributed by atoms with Crippen LogP contribution < -0.4 is 0 Å². The average Bonchev–Trinajstić information content (AvgIpc) is 2.65. The van der Waals surface area contributed by atoms with Gasteiger partial charge in [-0.1, -0.05) is 27.4 Å². The molecule has 0 saturated heterocycles. The van der Waals surface area contributed by atoms with E-state index in [0.717, 1.165) is 0 Å². The van der Waals surface area contributed by atoms with Gasteiger partial charge in [-0.3, -0.25) is 0 Å². The Bertz CT molecular complexity index is 307. The molecule has 0 N–H and O–H groups in total. The summed E-state index contributed by atoms with van der Waals surface area (Å²) in [5.74, 6) is 0. The minimum atomic E-state index is 1.17. The molecule has 0 amide bonds. The fourth-order valence-electron chi connectivity index (χ4n) is 1.75. The van der Waals surface area contributed by atoms with Gasteiger partial charge in [-0.05, 0) is 42.9 Å². The van der Waals surface area contributed by atoms with E-state index in [1.54, 1.807) is 5.56 Å². The number of fused-ring (bicyclic) bond motifs is 1. The molecule has 0 atom stereocenters. The summed E-state index contributed by atoms with van der Waals surface area (Å²) in [7, 11) is 0. The van der Waals surface area contributed by atoms with Gasteiger partial charge in [0.15, 0.2) is 0 Å². The van der Waals surface area contributed by atoms with E-state index in [-0.39, 0.29) is 0 Å². The Morgan fingerprint density at radius 3 is 2.64 bits per heavy atom. The van der Waals surface area contributed by atoms with E-state index in [1.807, 2.05) is 25.2 Å². The monoisotopic (exact) mass is 208 g/mol. The van der Waals surface area contributed by atoms with Crippen LogP contribution in [0.2, 0.25) is 0 Å². The summed E-state index contributed by atoms with van der Waals surface area (Å²) in [5, 5.41) is 0. The largest absolute Gasteiger partial charge is 0.140 e. The lowest BCUT2D eigenvalue weighted by Gasteiger charge is -2.12. The summed E-state index contributed by atoms with van der Waals surface area (Å²) < 4.78 is 0. The normalized spacial score (nSPS) is 14.4. The highest BCUT2D eigenvalue weighted by Gasteiger charge is 2.15. The highest BCUT2D eigenvalue weighted by atomic mass is 32.1. The van der Waals surface area contributed by atoms with Gasteiger partial charge in [0.25, 0.3) is 0 Å². The van der Waals surface area contributed by atoms with Crippen LogP contribution >= 0.6 is 11.3 Å². The Kier molecular flexibility index (Phi) is 4.40. The van der Waals surface area contributed by atoms with Crippen LogP contribution in [0.5, 0.6) is 0 Å². The van der Waals surface area contributed by atoms with Gasteiger partial charge < -0.3 is 0 Å². The number of aryl methyl sites for hydroxylation is 2. The summed E-state index contributed by atoms with van der Waals surface area (Å²) in [6, 6.07) is 2.37. The van der Waals surface area contributed by atoms with Crippen molar-refractivity contribution in [1.82, 2.24) is 0 Å². The molecule has 1 heteroatoms. The molecule has 78 valence electrons. The van der Waals surface area contributed by atoms with E-state index in [4.69, 9.17) is 0 Å².